The second-order valence-electron chi connectivity index (χ2n) is 5.67. The molecule has 4 nitrogen and oxygen atoms in total. The molecule has 0 amide bonds. The normalized spacial score (nSPS) is 14.1. The molecule has 118 valence electrons. The highest BCUT2D eigenvalue weighted by Gasteiger charge is 2.21. The molecule has 1 aromatic carbocycles. The van der Waals surface area contributed by atoms with Crippen molar-refractivity contribution >= 4 is 5.97 Å². The Morgan fingerprint density at radius 3 is 2.38 bits per heavy atom. The standard InChI is InChI=1S/C16H24FNO3/c1-11(2)9-10-18-14(7-8-15(19)20)16(21)12-3-5-13(17)6-4-12/h3-6,11,14,16,18,21H,7-10H2,1-2H3,(H,19,20). The summed E-state index contributed by atoms with van der Waals surface area (Å²) in [4.78, 5) is 10.7. The highest BCUT2D eigenvalue weighted by molar-refractivity contribution is 5.66. The third-order valence-electron chi connectivity index (χ3n) is 3.39. The Morgan fingerprint density at radius 1 is 1.24 bits per heavy atom. The summed E-state index contributed by atoms with van der Waals surface area (Å²) in [6, 6.07) is 5.28. The number of nitrogens with one attached hydrogen (secondary N) is 1. The van der Waals surface area contributed by atoms with Crippen molar-refractivity contribution in [2.24, 2.45) is 5.92 Å². The van der Waals surface area contributed by atoms with Crippen LogP contribution in [0.15, 0.2) is 24.3 Å². The van der Waals surface area contributed by atoms with Gasteiger partial charge >= 0.3 is 5.97 Å². The van der Waals surface area contributed by atoms with Gasteiger partial charge in [-0.3, -0.25) is 4.79 Å². The zero-order chi connectivity index (χ0) is 15.8. The van der Waals surface area contributed by atoms with Gasteiger partial charge in [0.25, 0.3) is 0 Å². The maximum Gasteiger partial charge on any atom is 0.303 e. The summed E-state index contributed by atoms with van der Waals surface area (Å²) in [7, 11) is 0. The molecule has 0 aliphatic rings. The molecule has 0 spiro atoms. The van der Waals surface area contributed by atoms with Crippen molar-refractivity contribution in [2.75, 3.05) is 6.54 Å². The molecule has 1 rings (SSSR count). The van der Waals surface area contributed by atoms with Gasteiger partial charge in [0.05, 0.1) is 6.10 Å². The van der Waals surface area contributed by atoms with Gasteiger partial charge in [-0.05, 0) is 43.0 Å². The zero-order valence-corrected chi connectivity index (χ0v) is 12.6. The lowest BCUT2D eigenvalue weighted by molar-refractivity contribution is -0.137. The monoisotopic (exact) mass is 297 g/mol. The Morgan fingerprint density at radius 2 is 1.86 bits per heavy atom. The van der Waals surface area contributed by atoms with Crippen molar-refractivity contribution in [2.45, 2.75) is 45.3 Å². The van der Waals surface area contributed by atoms with Crippen molar-refractivity contribution in [3.63, 3.8) is 0 Å². The third kappa shape index (κ3) is 6.69. The van der Waals surface area contributed by atoms with E-state index >= 15 is 0 Å². The lowest BCUT2D eigenvalue weighted by Gasteiger charge is -2.24. The van der Waals surface area contributed by atoms with Gasteiger partial charge in [0, 0.05) is 12.5 Å². The second-order valence-corrected chi connectivity index (χ2v) is 5.67. The topological polar surface area (TPSA) is 69.6 Å². The van der Waals surface area contributed by atoms with Crippen LogP contribution in [0.1, 0.15) is 44.8 Å². The molecule has 1 aromatic rings. The predicted octanol–water partition coefficient (Wildman–Crippen LogP) is 2.73. The van der Waals surface area contributed by atoms with Crippen molar-refractivity contribution in [3.05, 3.63) is 35.6 Å². The molecule has 0 aliphatic carbocycles. The third-order valence-corrected chi connectivity index (χ3v) is 3.39. The van der Waals surface area contributed by atoms with E-state index in [4.69, 9.17) is 5.11 Å². The van der Waals surface area contributed by atoms with E-state index in [9.17, 15) is 14.3 Å². The summed E-state index contributed by atoms with van der Waals surface area (Å²) >= 11 is 0. The average molecular weight is 297 g/mol. The highest BCUT2D eigenvalue weighted by Crippen LogP contribution is 2.20. The van der Waals surface area contributed by atoms with Crippen molar-refractivity contribution in [1.82, 2.24) is 5.32 Å². The number of aliphatic hydroxyl groups is 1. The Hall–Kier alpha value is -1.46. The number of rotatable bonds is 9. The summed E-state index contributed by atoms with van der Waals surface area (Å²) in [6.07, 6.45) is 0.403. The van der Waals surface area contributed by atoms with E-state index in [0.29, 0.717) is 24.4 Å². The van der Waals surface area contributed by atoms with Crippen LogP contribution in [0.5, 0.6) is 0 Å². The van der Waals surface area contributed by atoms with Crippen molar-refractivity contribution in [3.8, 4) is 0 Å². The van der Waals surface area contributed by atoms with E-state index in [1.54, 1.807) is 0 Å². The van der Waals surface area contributed by atoms with Gasteiger partial charge in [-0.1, -0.05) is 26.0 Å². The van der Waals surface area contributed by atoms with Crippen LogP contribution in [0.25, 0.3) is 0 Å². The summed E-state index contributed by atoms with van der Waals surface area (Å²) in [5.74, 6) is -0.724. The summed E-state index contributed by atoms with van der Waals surface area (Å²) in [6.45, 7) is 4.91. The second kappa shape index (κ2) is 8.74. The molecule has 2 atom stereocenters. The number of carboxylic acid groups (broad SMARTS) is 1. The molecule has 0 radical (unpaired) electrons. The predicted molar refractivity (Wildman–Crippen MR) is 79.5 cm³/mol. The van der Waals surface area contributed by atoms with Crippen LogP contribution in [-0.2, 0) is 4.79 Å². The average Bonchev–Trinajstić information content (AvgIpc) is 2.42. The first-order valence-electron chi connectivity index (χ1n) is 7.29. The molecule has 0 fully saturated rings. The van der Waals surface area contributed by atoms with Crippen LogP contribution >= 0.6 is 0 Å². The number of carboxylic acids is 1. The molecule has 0 aliphatic heterocycles. The number of benzene rings is 1. The minimum absolute atomic E-state index is 0.0163. The van der Waals surface area contributed by atoms with Crippen LogP contribution in [0, 0.1) is 11.7 Å². The van der Waals surface area contributed by atoms with Gasteiger partial charge in [-0.25, -0.2) is 4.39 Å². The van der Waals surface area contributed by atoms with Crippen LogP contribution in [0.3, 0.4) is 0 Å². The van der Waals surface area contributed by atoms with Crippen molar-refractivity contribution in [1.29, 1.82) is 0 Å². The summed E-state index contributed by atoms with van der Waals surface area (Å²) < 4.78 is 12.9. The fourth-order valence-corrected chi connectivity index (χ4v) is 2.10. The van der Waals surface area contributed by atoms with E-state index in [0.717, 1.165) is 6.42 Å². The fraction of sp³-hybridized carbons (Fsp3) is 0.562. The van der Waals surface area contributed by atoms with Gasteiger partial charge in [-0.2, -0.15) is 0 Å². The van der Waals surface area contributed by atoms with Gasteiger partial charge in [0.1, 0.15) is 5.82 Å². The Kier molecular flexibility index (Phi) is 7.32. The number of halogens is 1. The van der Waals surface area contributed by atoms with E-state index in [1.165, 1.54) is 24.3 Å². The molecular weight excluding hydrogens is 273 g/mol. The number of carbonyl (C=O) groups is 1. The Balaban J connectivity index is 2.68. The number of hydrogen-bond acceptors (Lipinski definition) is 3. The van der Waals surface area contributed by atoms with Crippen LogP contribution < -0.4 is 5.32 Å². The molecule has 0 saturated heterocycles. The van der Waals surface area contributed by atoms with Crippen molar-refractivity contribution < 1.29 is 19.4 Å². The molecule has 21 heavy (non-hydrogen) atoms. The zero-order valence-electron chi connectivity index (χ0n) is 12.6. The molecular formula is C16H24FNO3. The first-order chi connectivity index (χ1) is 9.90. The molecule has 0 heterocycles. The Labute approximate surface area is 125 Å². The Bertz CT molecular complexity index is 434. The number of aliphatic hydroxyl groups excluding tert-OH is 1. The molecule has 2 unspecified atom stereocenters. The van der Waals surface area contributed by atoms with E-state index < -0.39 is 12.1 Å². The van der Waals surface area contributed by atoms with E-state index in [-0.39, 0.29) is 18.3 Å². The molecule has 0 bridgehead atoms. The fourth-order valence-electron chi connectivity index (χ4n) is 2.10. The van der Waals surface area contributed by atoms with Crippen LogP contribution in [0.4, 0.5) is 4.39 Å². The first kappa shape index (κ1) is 17.6. The number of hydrogen-bond donors (Lipinski definition) is 3. The molecule has 0 aromatic heterocycles. The van der Waals surface area contributed by atoms with Crippen LogP contribution in [-0.4, -0.2) is 28.8 Å². The SMILES string of the molecule is CC(C)CCNC(CCC(=O)O)C(O)c1ccc(F)cc1. The number of aliphatic carboxylic acids is 1. The van der Waals surface area contributed by atoms with Gasteiger partial charge < -0.3 is 15.5 Å². The quantitative estimate of drug-likeness (QED) is 0.655. The largest absolute Gasteiger partial charge is 0.481 e. The lowest BCUT2D eigenvalue weighted by atomic mass is 9.98. The van der Waals surface area contributed by atoms with Gasteiger partial charge in [-0.15, -0.1) is 0 Å². The summed E-state index contributed by atoms with van der Waals surface area (Å²) in [5, 5.41) is 22.4. The summed E-state index contributed by atoms with van der Waals surface area (Å²) in [5.41, 5.74) is 0.587. The smallest absolute Gasteiger partial charge is 0.303 e. The molecule has 5 heteroatoms. The molecule has 0 saturated carbocycles. The van der Waals surface area contributed by atoms with Gasteiger partial charge in [0.2, 0.25) is 0 Å². The van der Waals surface area contributed by atoms with Crippen LogP contribution in [0.2, 0.25) is 0 Å². The minimum Gasteiger partial charge on any atom is -0.481 e. The highest BCUT2D eigenvalue weighted by atomic mass is 19.1. The maximum absolute atomic E-state index is 12.9. The lowest BCUT2D eigenvalue weighted by Crippen LogP contribution is -2.36. The minimum atomic E-state index is -0.892. The maximum atomic E-state index is 12.9. The van der Waals surface area contributed by atoms with E-state index in [1.807, 2.05) is 0 Å². The van der Waals surface area contributed by atoms with E-state index in [2.05, 4.69) is 19.2 Å². The molecule has 3 N–H and O–H groups in total. The first-order valence-corrected chi connectivity index (χ1v) is 7.29. The van der Waals surface area contributed by atoms with Gasteiger partial charge in [0.15, 0.2) is 0 Å².